The summed E-state index contributed by atoms with van der Waals surface area (Å²) in [6.45, 7) is 4.69. The SMILES string of the molecule is CCC(C(=O)O)N1C(=O)C(C)=C(C)C1=O. The number of nitrogens with zero attached hydrogens (tertiary/aromatic N) is 1. The van der Waals surface area contributed by atoms with Crippen molar-refractivity contribution in [2.45, 2.75) is 33.2 Å². The minimum Gasteiger partial charge on any atom is -0.480 e. The number of carbonyl (C=O) groups is 3. The fourth-order valence-corrected chi connectivity index (χ4v) is 1.53. The molecule has 0 bridgehead atoms. The summed E-state index contributed by atoms with van der Waals surface area (Å²) in [6.07, 6.45) is 0.216. The zero-order valence-electron chi connectivity index (χ0n) is 8.90. The molecular weight excluding hydrogens is 198 g/mol. The number of aliphatic carboxylic acids is 1. The fourth-order valence-electron chi connectivity index (χ4n) is 1.53. The Morgan fingerprint density at radius 2 is 1.67 bits per heavy atom. The van der Waals surface area contributed by atoms with Crippen molar-refractivity contribution in [1.29, 1.82) is 0 Å². The molecule has 1 rings (SSSR count). The first-order chi connectivity index (χ1) is 6.91. The van der Waals surface area contributed by atoms with Gasteiger partial charge in [-0.1, -0.05) is 6.92 Å². The third kappa shape index (κ3) is 1.65. The van der Waals surface area contributed by atoms with Crippen molar-refractivity contribution in [1.82, 2.24) is 4.90 Å². The fraction of sp³-hybridized carbons (Fsp3) is 0.500. The molecule has 1 heterocycles. The van der Waals surface area contributed by atoms with Gasteiger partial charge in [0.25, 0.3) is 11.8 Å². The largest absolute Gasteiger partial charge is 0.480 e. The Kier molecular flexibility index (Phi) is 2.93. The predicted octanol–water partition coefficient (Wildman–Crippen LogP) is 0.555. The number of amides is 2. The van der Waals surface area contributed by atoms with Crippen molar-refractivity contribution in [2.75, 3.05) is 0 Å². The molecule has 1 atom stereocenters. The summed E-state index contributed by atoms with van der Waals surface area (Å²) in [6, 6.07) is -1.06. The van der Waals surface area contributed by atoms with Crippen molar-refractivity contribution in [2.24, 2.45) is 0 Å². The Labute approximate surface area is 87.4 Å². The van der Waals surface area contributed by atoms with Crippen molar-refractivity contribution in [3.63, 3.8) is 0 Å². The molecule has 0 fully saturated rings. The van der Waals surface area contributed by atoms with Crippen LogP contribution in [-0.4, -0.2) is 33.8 Å². The molecule has 0 radical (unpaired) electrons. The molecule has 1 aliphatic heterocycles. The molecule has 0 aromatic carbocycles. The number of hydrogen-bond acceptors (Lipinski definition) is 3. The van der Waals surface area contributed by atoms with E-state index in [1.165, 1.54) is 13.8 Å². The highest BCUT2D eigenvalue weighted by molar-refractivity contribution is 6.20. The molecule has 82 valence electrons. The molecule has 0 saturated carbocycles. The Morgan fingerprint density at radius 1 is 1.27 bits per heavy atom. The standard InChI is InChI=1S/C10H13NO4/c1-4-7(10(14)15)11-8(12)5(2)6(3)9(11)13/h7H,4H2,1-3H3,(H,14,15). The molecule has 0 spiro atoms. The summed E-state index contributed by atoms with van der Waals surface area (Å²) < 4.78 is 0. The smallest absolute Gasteiger partial charge is 0.326 e. The van der Waals surface area contributed by atoms with Gasteiger partial charge in [-0.2, -0.15) is 0 Å². The number of carboxylic acids is 1. The molecule has 1 unspecified atom stereocenters. The highest BCUT2D eigenvalue weighted by atomic mass is 16.4. The van der Waals surface area contributed by atoms with Gasteiger partial charge in [-0.25, -0.2) is 4.79 Å². The van der Waals surface area contributed by atoms with Crippen LogP contribution in [-0.2, 0) is 14.4 Å². The van der Waals surface area contributed by atoms with Crippen LogP contribution >= 0.6 is 0 Å². The molecular formula is C10H13NO4. The second kappa shape index (κ2) is 3.84. The molecule has 0 aliphatic carbocycles. The van der Waals surface area contributed by atoms with Crippen molar-refractivity contribution in [3.05, 3.63) is 11.1 Å². The monoisotopic (exact) mass is 211 g/mol. The molecule has 1 N–H and O–H groups in total. The van der Waals surface area contributed by atoms with Crippen LogP contribution in [0.2, 0.25) is 0 Å². The van der Waals surface area contributed by atoms with Gasteiger partial charge in [0.2, 0.25) is 0 Å². The molecule has 0 aromatic heterocycles. The second-order valence-corrected chi connectivity index (χ2v) is 3.49. The summed E-state index contributed by atoms with van der Waals surface area (Å²) in [7, 11) is 0. The first-order valence-electron chi connectivity index (χ1n) is 4.70. The lowest BCUT2D eigenvalue weighted by atomic mass is 10.2. The molecule has 5 heteroatoms. The molecule has 15 heavy (non-hydrogen) atoms. The van der Waals surface area contributed by atoms with Crippen LogP contribution in [0, 0.1) is 0 Å². The van der Waals surface area contributed by atoms with Gasteiger partial charge < -0.3 is 5.11 Å². The summed E-state index contributed by atoms with van der Waals surface area (Å²) in [5, 5.41) is 8.88. The number of imide groups is 1. The van der Waals surface area contributed by atoms with E-state index in [1.807, 2.05) is 0 Å². The minimum atomic E-state index is -1.15. The van der Waals surface area contributed by atoms with Crippen LogP contribution in [0.25, 0.3) is 0 Å². The van der Waals surface area contributed by atoms with E-state index in [4.69, 9.17) is 5.11 Å². The number of carbonyl (C=O) groups excluding carboxylic acids is 2. The Bertz CT molecular complexity index is 346. The third-order valence-corrected chi connectivity index (χ3v) is 2.63. The molecule has 1 aliphatic rings. The van der Waals surface area contributed by atoms with Gasteiger partial charge >= 0.3 is 5.97 Å². The van der Waals surface area contributed by atoms with Crippen LogP contribution in [0.5, 0.6) is 0 Å². The van der Waals surface area contributed by atoms with Crippen molar-refractivity contribution >= 4 is 17.8 Å². The number of rotatable bonds is 3. The Morgan fingerprint density at radius 3 is 1.93 bits per heavy atom. The van der Waals surface area contributed by atoms with Crippen LogP contribution in [0.1, 0.15) is 27.2 Å². The van der Waals surface area contributed by atoms with Crippen molar-refractivity contribution < 1.29 is 19.5 Å². The summed E-state index contributed by atoms with van der Waals surface area (Å²) >= 11 is 0. The molecule has 0 aromatic rings. The van der Waals surface area contributed by atoms with Gasteiger partial charge in [0.15, 0.2) is 0 Å². The van der Waals surface area contributed by atoms with E-state index < -0.39 is 23.8 Å². The van der Waals surface area contributed by atoms with Gasteiger partial charge in [-0.3, -0.25) is 14.5 Å². The van der Waals surface area contributed by atoms with Gasteiger partial charge in [0, 0.05) is 11.1 Å². The Balaban J connectivity index is 3.06. The number of hydrogen-bond donors (Lipinski definition) is 1. The molecule has 0 saturated heterocycles. The zero-order chi connectivity index (χ0) is 11.7. The van der Waals surface area contributed by atoms with Crippen LogP contribution in [0.15, 0.2) is 11.1 Å². The lowest BCUT2D eigenvalue weighted by Crippen LogP contribution is -2.45. The summed E-state index contributed by atoms with van der Waals surface area (Å²) in [5.41, 5.74) is 0.666. The Hall–Kier alpha value is -1.65. The van der Waals surface area contributed by atoms with Gasteiger partial charge in [-0.05, 0) is 20.3 Å². The average molecular weight is 211 g/mol. The maximum atomic E-state index is 11.6. The van der Waals surface area contributed by atoms with E-state index in [1.54, 1.807) is 6.92 Å². The van der Waals surface area contributed by atoms with E-state index in [9.17, 15) is 14.4 Å². The van der Waals surface area contributed by atoms with E-state index in [0.717, 1.165) is 4.90 Å². The second-order valence-electron chi connectivity index (χ2n) is 3.49. The van der Waals surface area contributed by atoms with Gasteiger partial charge in [0.05, 0.1) is 0 Å². The van der Waals surface area contributed by atoms with Crippen molar-refractivity contribution in [3.8, 4) is 0 Å². The van der Waals surface area contributed by atoms with Crippen LogP contribution < -0.4 is 0 Å². The summed E-state index contributed by atoms with van der Waals surface area (Å²) in [4.78, 5) is 34.9. The highest BCUT2D eigenvalue weighted by Crippen LogP contribution is 2.23. The predicted molar refractivity (Wildman–Crippen MR) is 51.9 cm³/mol. The maximum absolute atomic E-state index is 11.6. The quantitative estimate of drug-likeness (QED) is 0.692. The minimum absolute atomic E-state index is 0.216. The highest BCUT2D eigenvalue weighted by Gasteiger charge is 2.40. The molecule has 2 amide bonds. The van der Waals surface area contributed by atoms with E-state index in [2.05, 4.69) is 0 Å². The first-order valence-corrected chi connectivity index (χ1v) is 4.70. The normalized spacial score (nSPS) is 18.7. The topological polar surface area (TPSA) is 74.7 Å². The van der Waals surface area contributed by atoms with Crippen LogP contribution in [0.3, 0.4) is 0 Å². The van der Waals surface area contributed by atoms with Gasteiger partial charge in [-0.15, -0.1) is 0 Å². The van der Waals surface area contributed by atoms with E-state index >= 15 is 0 Å². The van der Waals surface area contributed by atoms with Gasteiger partial charge in [0.1, 0.15) is 6.04 Å². The van der Waals surface area contributed by atoms with E-state index in [0.29, 0.717) is 11.1 Å². The first kappa shape index (κ1) is 11.4. The lowest BCUT2D eigenvalue weighted by molar-refractivity contribution is -0.153. The lowest BCUT2D eigenvalue weighted by Gasteiger charge is -2.21. The van der Waals surface area contributed by atoms with E-state index in [-0.39, 0.29) is 6.42 Å². The zero-order valence-corrected chi connectivity index (χ0v) is 8.90. The maximum Gasteiger partial charge on any atom is 0.326 e. The van der Waals surface area contributed by atoms with Crippen LogP contribution in [0.4, 0.5) is 0 Å². The average Bonchev–Trinajstić information content (AvgIpc) is 2.36. The number of carboxylic acid groups (broad SMARTS) is 1. The molecule has 5 nitrogen and oxygen atoms in total. The summed E-state index contributed by atoms with van der Waals surface area (Å²) in [5.74, 6) is -2.14. The third-order valence-electron chi connectivity index (χ3n) is 2.63.